The molecule has 0 aliphatic carbocycles. The number of rotatable bonds is 4. The normalized spacial score (nSPS) is 10.0. The minimum absolute atomic E-state index is 0.454. The first-order valence-corrected chi connectivity index (χ1v) is 5.50. The highest BCUT2D eigenvalue weighted by Crippen LogP contribution is 2.31. The summed E-state index contributed by atoms with van der Waals surface area (Å²) in [6.45, 7) is 1.12. The summed E-state index contributed by atoms with van der Waals surface area (Å²) >= 11 is 17.8. The number of nitrogens with zero attached hydrogens (tertiary/aromatic N) is 1. The molecule has 0 unspecified atom stereocenters. The van der Waals surface area contributed by atoms with Crippen molar-refractivity contribution in [1.82, 2.24) is 5.32 Å². The summed E-state index contributed by atoms with van der Waals surface area (Å²) < 4.78 is 0. The van der Waals surface area contributed by atoms with Crippen LogP contribution in [0, 0.1) is 11.3 Å². The van der Waals surface area contributed by atoms with Crippen LogP contribution in [-0.4, -0.2) is 6.54 Å². The molecule has 0 bridgehead atoms. The van der Waals surface area contributed by atoms with Crippen LogP contribution in [0.25, 0.3) is 0 Å². The van der Waals surface area contributed by atoms with Crippen LogP contribution in [0.3, 0.4) is 0 Å². The van der Waals surface area contributed by atoms with Crippen LogP contribution in [0.2, 0.25) is 15.1 Å². The van der Waals surface area contributed by atoms with Crippen molar-refractivity contribution in [3.8, 4) is 6.07 Å². The van der Waals surface area contributed by atoms with Crippen molar-refractivity contribution in [2.24, 2.45) is 0 Å². The van der Waals surface area contributed by atoms with Gasteiger partial charge in [-0.2, -0.15) is 5.26 Å². The summed E-state index contributed by atoms with van der Waals surface area (Å²) in [7, 11) is 0. The Morgan fingerprint density at radius 1 is 1.20 bits per heavy atom. The van der Waals surface area contributed by atoms with Gasteiger partial charge in [0.25, 0.3) is 0 Å². The van der Waals surface area contributed by atoms with E-state index in [-0.39, 0.29) is 0 Å². The van der Waals surface area contributed by atoms with Gasteiger partial charge in [0, 0.05) is 30.1 Å². The van der Waals surface area contributed by atoms with Crippen LogP contribution in [0.4, 0.5) is 0 Å². The lowest BCUT2D eigenvalue weighted by molar-refractivity contribution is 0.699. The van der Waals surface area contributed by atoms with E-state index in [0.717, 1.165) is 5.56 Å². The maximum absolute atomic E-state index is 8.35. The van der Waals surface area contributed by atoms with E-state index in [2.05, 4.69) is 5.32 Å². The minimum Gasteiger partial charge on any atom is -0.312 e. The van der Waals surface area contributed by atoms with E-state index < -0.39 is 0 Å². The van der Waals surface area contributed by atoms with Gasteiger partial charge in [0.2, 0.25) is 0 Å². The standard InChI is InChI=1S/C10H9Cl3N2/c11-8-2-3-9(12)10(13)7(8)6-15-5-1-4-14/h2-3,15H,1,5-6H2. The van der Waals surface area contributed by atoms with Gasteiger partial charge >= 0.3 is 0 Å². The third-order valence-corrected chi connectivity index (χ3v) is 3.05. The predicted molar refractivity (Wildman–Crippen MR) is 63.4 cm³/mol. The van der Waals surface area contributed by atoms with Gasteiger partial charge in [0.15, 0.2) is 0 Å². The Labute approximate surface area is 104 Å². The summed E-state index contributed by atoms with van der Waals surface area (Å²) in [6, 6.07) is 5.40. The summed E-state index contributed by atoms with van der Waals surface area (Å²) in [5.41, 5.74) is 0.767. The molecule has 0 heterocycles. The molecule has 15 heavy (non-hydrogen) atoms. The lowest BCUT2D eigenvalue weighted by Crippen LogP contribution is -2.14. The van der Waals surface area contributed by atoms with Crippen LogP contribution in [0.1, 0.15) is 12.0 Å². The zero-order chi connectivity index (χ0) is 11.3. The second-order valence-electron chi connectivity index (χ2n) is 2.91. The van der Waals surface area contributed by atoms with Crippen molar-refractivity contribution in [3.05, 3.63) is 32.8 Å². The van der Waals surface area contributed by atoms with E-state index in [1.54, 1.807) is 12.1 Å². The monoisotopic (exact) mass is 262 g/mol. The quantitative estimate of drug-likeness (QED) is 0.665. The summed E-state index contributed by atoms with van der Waals surface area (Å²) in [5, 5.41) is 12.9. The van der Waals surface area contributed by atoms with Crippen molar-refractivity contribution in [2.45, 2.75) is 13.0 Å². The van der Waals surface area contributed by atoms with Gasteiger partial charge in [-0.25, -0.2) is 0 Å². The first kappa shape index (κ1) is 12.6. The Morgan fingerprint density at radius 2 is 1.87 bits per heavy atom. The zero-order valence-corrected chi connectivity index (χ0v) is 10.1. The molecular formula is C10H9Cl3N2. The van der Waals surface area contributed by atoms with Crippen molar-refractivity contribution in [2.75, 3.05) is 6.54 Å². The molecule has 0 saturated carbocycles. The molecule has 5 heteroatoms. The molecular weight excluding hydrogens is 254 g/mol. The van der Waals surface area contributed by atoms with Crippen LogP contribution in [-0.2, 0) is 6.54 Å². The molecule has 0 aromatic heterocycles. The first-order valence-electron chi connectivity index (χ1n) is 4.37. The van der Waals surface area contributed by atoms with Gasteiger partial charge in [-0.05, 0) is 12.1 Å². The average molecular weight is 264 g/mol. The SMILES string of the molecule is N#CCCNCc1c(Cl)ccc(Cl)c1Cl. The highest BCUT2D eigenvalue weighted by molar-refractivity contribution is 6.44. The maximum Gasteiger partial charge on any atom is 0.0652 e. The summed E-state index contributed by atoms with van der Waals surface area (Å²) in [5.74, 6) is 0. The number of nitriles is 1. The molecule has 0 fully saturated rings. The lowest BCUT2D eigenvalue weighted by atomic mass is 10.2. The molecule has 2 nitrogen and oxygen atoms in total. The lowest BCUT2D eigenvalue weighted by Gasteiger charge is -2.08. The second kappa shape index (κ2) is 6.19. The fourth-order valence-corrected chi connectivity index (χ4v) is 1.77. The Balaban J connectivity index is 2.68. The highest BCUT2D eigenvalue weighted by Gasteiger charge is 2.08. The number of benzene rings is 1. The third kappa shape index (κ3) is 3.55. The Kier molecular flexibility index (Phi) is 5.21. The van der Waals surface area contributed by atoms with Gasteiger partial charge in [0.05, 0.1) is 16.1 Å². The largest absolute Gasteiger partial charge is 0.312 e. The van der Waals surface area contributed by atoms with Gasteiger partial charge < -0.3 is 5.32 Å². The molecule has 1 rings (SSSR count). The Morgan fingerprint density at radius 3 is 2.53 bits per heavy atom. The van der Waals surface area contributed by atoms with Gasteiger partial charge in [-0.3, -0.25) is 0 Å². The van der Waals surface area contributed by atoms with Crippen molar-refractivity contribution in [3.63, 3.8) is 0 Å². The molecule has 0 saturated heterocycles. The second-order valence-corrected chi connectivity index (χ2v) is 4.10. The van der Waals surface area contributed by atoms with E-state index in [9.17, 15) is 0 Å². The molecule has 1 aromatic carbocycles. The molecule has 80 valence electrons. The van der Waals surface area contributed by atoms with Crippen LogP contribution >= 0.6 is 34.8 Å². The third-order valence-electron chi connectivity index (χ3n) is 1.85. The van der Waals surface area contributed by atoms with Gasteiger partial charge in [-0.1, -0.05) is 34.8 Å². The smallest absolute Gasteiger partial charge is 0.0652 e. The van der Waals surface area contributed by atoms with E-state index in [1.807, 2.05) is 6.07 Å². The van der Waals surface area contributed by atoms with Gasteiger partial charge in [0.1, 0.15) is 0 Å². The fraction of sp³-hybridized carbons (Fsp3) is 0.300. The average Bonchev–Trinajstić information content (AvgIpc) is 2.23. The Hall–Kier alpha value is -0.460. The number of nitrogens with one attached hydrogen (secondary N) is 1. The molecule has 0 spiro atoms. The molecule has 0 amide bonds. The maximum atomic E-state index is 8.35. The molecule has 1 aromatic rings. The number of hydrogen-bond donors (Lipinski definition) is 1. The Bertz CT molecular complexity index is 385. The van der Waals surface area contributed by atoms with E-state index >= 15 is 0 Å². The first-order chi connectivity index (χ1) is 7.16. The van der Waals surface area contributed by atoms with Crippen molar-refractivity contribution in [1.29, 1.82) is 5.26 Å². The fourth-order valence-electron chi connectivity index (χ4n) is 1.09. The van der Waals surface area contributed by atoms with Crippen molar-refractivity contribution >= 4 is 34.8 Å². The summed E-state index contributed by atoms with van der Waals surface area (Å²) in [4.78, 5) is 0. The topological polar surface area (TPSA) is 35.8 Å². The van der Waals surface area contributed by atoms with Crippen LogP contribution < -0.4 is 5.32 Å². The summed E-state index contributed by atoms with van der Waals surface area (Å²) in [6.07, 6.45) is 0.454. The molecule has 0 atom stereocenters. The van der Waals surface area contributed by atoms with Gasteiger partial charge in [-0.15, -0.1) is 0 Å². The van der Waals surface area contributed by atoms with E-state index in [0.29, 0.717) is 34.6 Å². The van der Waals surface area contributed by atoms with Crippen molar-refractivity contribution < 1.29 is 0 Å². The molecule has 0 aliphatic rings. The zero-order valence-electron chi connectivity index (χ0n) is 7.86. The number of halogens is 3. The number of hydrogen-bond acceptors (Lipinski definition) is 2. The molecule has 0 aliphatic heterocycles. The minimum atomic E-state index is 0.454. The van der Waals surface area contributed by atoms with E-state index in [1.165, 1.54) is 0 Å². The van der Waals surface area contributed by atoms with Crippen LogP contribution in [0.5, 0.6) is 0 Å². The van der Waals surface area contributed by atoms with E-state index in [4.69, 9.17) is 40.1 Å². The predicted octanol–water partition coefficient (Wildman–Crippen LogP) is 3.65. The molecule has 0 radical (unpaired) electrons. The highest BCUT2D eigenvalue weighted by atomic mass is 35.5. The van der Waals surface area contributed by atoms with Crippen LogP contribution in [0.15, 0.2) is 12.1 Å². The molecule has 1 N–H and O–H groups in total.